The van der Waals surface area contributed by atoms with E-state index in [4.69, 9.17) is 25.8 Å². The number of benzene rings is 1. The lowest BCUT2D eigenvalue weighted by atomic mass is 10.2. The van der Waals surface area contributed by atoms with Gasteiger partial charge in [0, 0.05) is 37.7 Å². The lowest BCUT2D eigenvalue weighted by Gasteiger charge is -2.32. The molecule has 0 aliphatic carbocycles. The molecule has 0 bridgehead atoms. The Morgan fingerprint density at radius 2 is 1.82 bits per heavy atom. The summed E-state index contributed by atoms with van der Waals surface area (Å²) < 4.78 is 21.1. The molecule has 4 heterocycles. The second-order valence-electron chi connectivity index (χ2n) is 8.02. The maximum Gasteiger partial charge on any atom is 0.353 e. The highest BCUT2D eigenvalue weighted by molar-refractivity contribution is 7.51. The number of nitrogen functional groups attached to an aromatic ring is 1. The minimum absolute atomic E-state index is 0.103. The second-order valence-corrected chi connectivity index (χ2v) is 8.59. The molecule has 34 heavy (non-hydrogen) atoms. The molecule has 4 aromatic rings. The summed E-state index contributed by atoms with van der Waals surface area (Å²) in [5, 5.41) is 10.3. The third kappa shape index (κ3) is 5.01. The Bertz CT molecular complexity index is 1400. The Hall–Kier alpha value is -3.13. The molecule has 5 rings (SSSR count). The molecule has 1 fully saturated rings. The van der Waals surface area contributed by atoms with Crippen LogP contribution in [0.1, 0.15) is 5.56 Å². The number of halogens is 1. The first-order valence-corrected chi connectivity index (χ1v) is 11.6. The number of aromatic nitrogens is 6. The first-order valence-electron chi connectivity index (χ1n) is 10.6. The van der Waals surface area contributed by atoms with Gasteiger partial charge in [-0.15, -0.1) is 5.10 Å². The number of nitrogens with two attached hydrogens (primary N) is 1. The molecule has 0 radical (unpaired) electrons. The number of hydrogen-bond acceptors (Lipinski definition) is 9. The average Bonchev–Trinajstić information content (AvgIpc) is 3.35. The van der Waals surface area contributed by atoms with Gasteiger partial charge >= 0.3 is 17.3 Å². The van der Waals surface area contributed by atoms with Gasteiger partial charge in [-0.05, 0) is 24.7 Å². The summed E-state index contributed by atoms with van der Waals surface area (Å²) in [4.78, 5) is 22.1. The third-order valence-electron chi connectivity index (χ3n) is 5.79. The summed E-state index contributed by atoms with van der Waals surface area (Å²) >= 11 is 5.32. The largest absolute Gasteiger partial charge is 0.369 e. The Morgan fingerprint density at radius 1 is 1.09 bits per heavy atom. The van der Waals surface area contributed by atoms with E-state index in [0.29, 0.717) is 34.8 Å². The minimum atomic E-state index is -0.750. The quantitative estimate of drug-likeness (QED) is 0.400. The number of anilines is 1. The Morgan fingerprint density at radius 3 is 2.53 bits per heavy atom. The van der Waals surface area contributed by atoms with Crippen molar-refractivity contribution >= 4 is 45.8 Å². The molecule has 0 spiro atoms. The van der Waals surface area contributed by atoms with E-state index in [1.54, 1.807) is 12.3 Å². The van der Waals surface area contributed by atoms with Crippen molar-refractivity contribution in [3.05, 3.63) is 51.5 Å². The van der Waals surface area contributed by atoms with E-state index in [2.05, 4.69) is 32.0 Å². The number of nitrogens with zero attached hydrogens (tertiary/aromatic N) is 8. The van der Waals surface area contributed by atoms with E-state index in [1.807, 2.05) is 22.9 Å². The fourth-order valence-electron chi connectivity index (χ4n) is 3.98. The first-order chi connectivity index (χ1) is 16.4. The van der Waals surface area contributed by atoms with Crippen molar-refractivity contribution in [2.75, 3.05) is 45.5 Å². The van der Waals surface area contributed by atoms with Crippen LogP contribution < -0.4 is 11.4 Å². The standard InChI is InChI=1S/C20H24ClN9O.O2S/c1-26-5-7-27(8-6-26)9-10-28-17-16(12-23-28)18-25-29(20(31)30(18)19(22)24-17)13-14-3-2-4-15(21)11-14;1-3-2/h2-4,11-12H,5-10,13H2,1H3,(H2,22,24);. The molecular formula is C20H24ClN9O3S. The molecule has 0 atom stereocenters. The van der Waals surface area contributed by atoms with Gasteiger partial charge in [-0.1, -0.05) is 23.7 Å². The Balaban J connectivity index is 0.000000868. The van der Waals surface area contributed by atoms with Gasteiger partial charge in [0.2, 0.25) is 5.95 Å². The van der Waals surface area contributed by atoms with E-state index < -0.39 is 11.6 Å². The van der Waals surface area contributed by atoms with Crippen molar-refractivity contribution in [1.82, 2.24) is 38.7 Å². The molecule has 0 amide bonds. The van der Waals surface area contributed by atoms with Crippen molar-refractivity contribution in [3.8, 4) is 0 Å². The average molecular weight is 506 g/mol. The molecule has 1 aliphatic rings. The predicted molar refractivity (Wildman–Crippen MR) is 128 cm³/mol. The molecule has 12 nitrogen and oxygen atoms in total. The van der Waals surface area contributed by atoms with Crippen molar-refractivity contribution in [1.29, 1.82) is 0 Å². The maximum absolute atomic E-state index is 12.9. The summed E-state index contributed by atoms with van der Waals surface area (Å²) in [6.07, 6.45) is 1.71. The van der Waals surface area contributed by atoms with Crippen LogP contribution in [0.4, 0.5) is 5.95 Å². The summed E-state index contributed by atoms with van der Waals surface area (Å²) in [5.74, 6) is 0.103. The SMILES string of the molecule is CN1CCN(CCn2ncc3c2nc(N)n2c(=O)n(Cc4cccc(Cl)c4)nc32)CC1.O=S=O. The van der Waals surface area contributed by atoms with Crippen molar-refractivity contribution in [2.24, 2.45) is 0 Å². The monoisotopic (exact) mass is 505 g/mol. The van der Waals surface area contributed by atoms with Crippen LogP contribution in [0.3, 0.4) is 0 Å². The lowest BCUT2D eigenvalue weighted by Crippen LogP contribution is -2.45. The van der Waals surface area contributed by atoms with E-state index >= 15 is 0 Å². The molecule has 0 saturated carbocycles. The van der Waals surface area contributed by atoms with Gasteiger partial charge in [0.1, 0.15) is 0 Å². The Kier molecular flexibility index (Phi) is 7.36. The minimum Gasteiger partial charge on any atom is -0.369 e. The molecule has 1 aromatic carbocycles. The van der Waals surface area contributed by atoms with Crippen LogP contribution in [0.15, 0.2) is 35.3 Å². The summed E-state index contributed by atoms with van der Waals surface area (Å²) in [6.45, 7) is 6.09. The van der Waals surface area contributed by atoms with E-state index in [1.165, 1.54) is 9.08 Å². The smallest absolute Gasteiger partial charge is 0.353 e. The number of fused-ring (bicyclic) bond motifs is 3. The van der Waals surface area contributed by atoms with Crippen LogP contribution in [0.2, 0.25) is 5.02 Å². The van der Waals surface area contributed by atoms with Gasteiger partial charge in [-0.25, -0.2) is 18.6 Å². The lowest BCUT2D eigenvalue weighted by molar-refractivity contribution is 0.149. The zero-order valence-corrected chi connectivity index (χ0v) is 20.1. The normalized spacial score (nSPS) is 14.9. The van der Waals surface area contributed by atoms with Crippen LogP contribution in [0.25, 0.3) is 16.7 Å². The zero-order chi connectivity index (χ0) is 24.2. The van der Waals surface area contributed by atoms with Crippen LogP contribution in [0, 0.1) is 0 Å². The molecule has 14 heteroatoms. The van der Waals surface area contributed by atoms with Gasteiger partial charge in [0.25, 0.3) is 0 Å². The molecule has 180 valence electrons. The summed E-state index contributed by atoms with van der Waals surface area (Å²) in [5.41, 5.74) is 7.79. The molecule has 3 aromatic heterocycles. The summed E-state index contributed by atoms with van der Waals surface area (Å²) in [6, 6.07) is 7.35. The van der Waals surface area contributed by atoms with Gasteiger partial charge in [0.15, 0.2) is 11.3 Å². The zero-order valence-electron chi connectivity index (χ0n) is 18.5. The van der Waals surface area contributed by atoms with Crippen LogP contribution in [-0.2, 0) is 24.7 Å². The third-order valence-corrected chi connectivity index (χ3v) is 6.02. The van der Waals surface area contributed by atoms with Crippen LogP contribution in [-0.4, -0.2) is 86.9 Å². The van der Waals surface area contributed by atoms with Crippen LogP contribution >= 0.6 is 11.6 Å². The fourth-order valence-corrected chi connectivity index (χ4v) is 4.20. The number of hydrogen-bond donors (Lipinski definition) is 1. The van der Waals surface area contributed by atoms with E-state index in [0.717, 1.165) is 38.3 Å². The van der Waals surface area contributed by atoms with Crippen molar-refractivity contribution in [3.63, 3.8) is 0 Å². The molecule has 2 N–H and O–H groups in total. The topological polar surface area (TPSA) is 137 Å². The van der Waals surface area contributed by atoms with Crippen molar-refractivity contribution in [2.45, 2.75) is 13.1 Å². The second kappa shape index (κ2) is 10.4. The maximum atomic E-state index is 12.9. The fraction of sp³-hybridized carbons (Fsp3) is 0.400. The van der Waals surface area contributed by atoms with Gasteiger partial charge in [0.05, 0.1) is 24.7 Å². The predicted octanol–water partition coefficient (Wildman–Crippen LogP) is 0.102. The summed E-state index contributed by atoms with van der Waals surface area (Å²) in [7, 11) is 2.14. The molecule has 1 aliphatic heterocycles. The van der Waals surface area contributed by atoms with E-state index in [9.17, 15) is 4.79 Å². The molecule has 0 unspecified atom stereocenters. The van der Waals surface area contributed by atoms with Gasteiger partial charge < -0.3 is 10.6 Å². The highest BCUT2D eigenvalue weighted by Gasteiger charge is 2.19. The number of rotatable bonds is 5. The molecule has 1 saturated heterocycles. The molecular weight excluding hydrogens is 482 g/mol. The highest BCUT2D eigenvalue weighted by Crippen LogP contribution is 2.19. The van der Waals surface area contributed by atoms with Gasteiger partial charge in [-0.3, -0.25) is 4.90 Å². The Labute approximate surface area is 203 Å². The number of piperazine rings is 1. The van der Waals surface area contributed by atoms with Crippen LogP contribution in [0.5, 0.6) is 0 Å². The van der Waals surface area contributed by atoms with E-state index in [-0.39, 0.29) is 11.6 Å². The van der Waals surface area contributed by atoms with Gasteiger partial charge in [-0.2, -0.15) is 18.5 Å². The first kappa shape index (κ1) is 24.0. The van der Waals surface area contributed by atoms with Crippen molar-refractivity contribution < 1.29 is 8.42 Å². The highest BCUT2D eigenvalue weighted by atomic mass is 35.5. The number of likely N-dealkylation sites (N-methyl/N-ethyl adjacent to an activating group) is 1.